The lowest BCUT2D eigenvalue weighted by molar-refractivity contribution is 0.199. The van der Waals surface area contributed by atoms with Crippen LogP contribution in [0.3, 0.4) is 0 Å². The smallest absolute Gasteiger partial charge is 0.0762 e. The Balaban J connectivity index is 2.60. The predicted octanol–water partition coefficient (Wildman–Crippen LogP) is 1.62. The molecule has 1 atom stereocenters. The summed E-state index contributed by atoms with van der Waals surface area (Å²) >= 11 is 0. The van der Waals surface area contributed by atoms with Gasteiger partial charge in [-0.15, -0.1) is 0 Å². The van der Waals surface area contributed by atoms with Gasteiger partial charge in [-0.2, -0.15) is 5.10 Å². The van der Waals surface area contributed by atoms with Crippen molar-refractivity contribution in [3.05, 3.63) is 30.0 Å². The van der Waals surface area contributed by atoms with Crippen molar-refractivity contribution >= 4 is 10.9 Å². The third-order valence-electron chi connectivity index (χ3n) is 1.95. The van der Waals surface area contributed by atoms with Crippen molar-refractivity contribution < 1.29 is 5.11 Å². The van der Waals surface area contributed by atoms with E-state index in [4.69, 9.17) is 0 Å². The standard InChI is InChI=1S/C9H10N2O/c1-6(12)7-2-3-9-8(4-7)5-10-11-9/h2-6,12H,1H3,(H,10,11)/t6-/m1/s1. The van der Waals surface area contributed by atoms with E-state index in [1.165, 1.54) is 0 Å². The fraction of sp³-hybridized carbons (Fsp3) is 0.222. The fourth-order valence-electron chi connectivity index (χ4n) is 1.22. The lowest BCUT2D eigenvalue weighted by atomic mass is 10.1. The van der Waals surface area contributed by atoms with Crippen molar-refractivity contribution in [3.8, 4) is 0 Å². The highest BCUT2D eigenvalue weighted by molar-refractivity contribution is 5.78. The Labute approximate surface area is 70.0 Å². The van der Waals surface area contributed by atoms with Crippen LogP contribution in [-0.2, 0) is 0 Å². The zero-order valence-electron chi connectivity index (χ0n) is 6.78. The minimum atomic E-state index is -0.413. The van der Waals surface area contributed by atoms with E-state index in [9.17, 15) is 5.11 Å². The summed E-state index contributed by atoms with van der Waals surface area (Å²) in [5.74, 6) is 0. The molecule has 12 heavy (non-hydrogen) atoms. The molecule has 2 N–H and O–H groups in total. The number of nitrogens with one attached hydrogen (secondary N) is 1. The lowest BCUT2D eigenvalue weighted by Crippen LogP contribution is -1.89. The second-order valence-electron chi connectivity index (χ2n) is 2.89. The number of benzene rings is 1. The van der Waals surface area contributed by atoms with E-state index in [0.29, 0.717) is 0 Å². The van der Waals surface area contributed by atoms with Gasteiger partial charge in [0.25, 0.3) is 0 Å². The van der Waals surface area contributed by atoms with Gasteiger partial charge in [0.15, 0.2) is 0 Å². The third kappa shape index (κ3) is 1.08. The molecule has 62 valence electrons. The number of aromatic amines is 1. The van der Waals surface area contributed by atoms with Crippen molar-refractivity contribution in [2.45, 2.75) is 13.0 Å². The number of aromatic nitrogens is 2. The maximum absolute atomic E-state index is 9.29. The molecule has 0 amide bonds. The first-order valence-electron chi connectivity index (χ1n) is 3.88. The molecule has 3 heteroatoms. The number of hydrogen-bond donors (Lipinski definition) is 2. The monoisotopic (exact) mass is 162 g/mol. The molecule has 0 spiro atoms. The maximum atomic E-state index is 9.29. The summed E-state index contributed by atoms with van der Waals surface area (Å²) in [6.07, 6.45) is 1.34. The molecule has 0 saturated heterocycles. The number of aliphatic hydroxyl groups is 1. The number of rotatable bonds is 1. The molecule has 2 rings (SSSR count). The van der Waals surface area contributed by atoms with Gasteiger partial charge in [-0.25, -0.2) is 0 Å². The number of aliphatic hydroxyl groups excluding tert-OH is 1. The minimum Gasteiger partial charge on any atom is -0.389 e. The number of H-pyrrole nitrogens is 1. The van der Waals surface area contributed by atoms with Crippen LogP contribution in [0.15, 0.2) is 24.4 Å². The molecule has 0 fully saturated rings. The highest BCUT2D eigenvalue weighted by Crippen LogP contribution is 2.17. The van der Waals surface area contributed by atoms with E-state index in [0.717, 1.165) is 16.5 Å². The van der Waals surface area contributed by atoms with Crippen molar-refractivity contribution in [2.24, 2.45) is 0 Å². The first-order valence-corrected chi connectivity index (χ1v) is 3.88. The summed E-state index contributed by atoms with van der Waals surface area (Å²) in [5, 5.41) is 17.1. The molecule has 0 aliphatic heterocycles. The molecule has 0 radical (unpaired) electrons. The van der Waals surface area contributed by atoms with Gasteiger partial charge < -0.3 is 5.11 Å². The van der Waals surface area contributed by atoms with Crippen LogP contribution < -0.4 is 0 Å². The topological polar surface area (TPSA) is 48.9 Å². The van der Waals surface area contributed by atoms with Gasteiger partial charge in [-0.05, 0) is 24.6 Å². The molecule has 0 unspecified atom stereocenters. The Morgan fingerprint density at radius 2 is 2.33 bits per heavy atom. The first-order chi connectivity index (χ1) is 5.77. The largest absolute Gasteiger partial charge is 0.389 e. The number of fused-ring (bicyclic) bond motifs is 1. The summed E-state index contributed by atoms with van der Waals surface area (Å²) < 4.78 is 0. The number of hydrogen-bond acceptors (Lipinski definition) is 2. The van der Waals surface area contributed by atoms with Gasteiger partial charge in [0.2, 0.25) is 0 Å². The van der Waals surface area contributed by atoms with Crippen molar-refractivity contribution in [3.63, 3.8) is 0 Å². The quantitative estimate of drug-likeness (QED) is 0.669. The van der Waals surface area contributed by atoms with Gasteiger partial charge >= 0.3 is 0 Å². The molecule has 0 bridgehead atoms. The van der Waals surface area contributed by atoms with Crippen LogP contribution in [-0.4, -0.2) is 15.3 Å². The van der Waals surface area contributed by atoms with Crippen LogP contribution >= 0.6 is 0 Å². The molecule has 3 nitrogen and oxygen atoms in total. The Kier molecular flexibility index (Phi) is 1.59. The van der Waals surface area contributed by atoms with Crippen molar-refractivity contribution in [2.75, 3.05) is 0 Å². The lowest BCUT2D eigenvalue weighted by Gasteiger charge is -2.02. The summed E-state index contributed by atoms with van der Waals surface area (Å²) in [4.78, 5) is 0. The van der Waals surface area contributed by atoms with Crippen LogP contribution in [0.5, 0.6) is 0 Å². The average Bonchev–Trinajstić information content (AvgIpc) is 2.49. The summed E-state index contributed by atoms with van der Waals surface area (Å²) in [6, 6.07) is 5.75. The Bertz CT molecular complexity index is 392. The van der Waals surface area contributed by atoms with E-state index in [2.05, 4.69) is 10.2 Å². The van der Waals surface area contributed by atoms with Crippen LogP contribution in [0, 0.1) is 0 Å². The predicted molar refractivity (Wildman–Crippen MR) is 46.7 cm³/mol. The van der Waals surface area contributed by atoms with Gasteiger partial charge in [-0.3, -0.25) is 5.10 Å². The van der Waals surface area contributed by atoms with E-state index >= 15 is 0 Å². The molecule has 0 aliphatic rings. The first kappa shape index (κ1) is 7.31. The normalized spacial score (nSPS) is 13.5. The van der Waals surface area contributed by atoms with Crippen LogP contribution in [0.25, 0.3) is 10.9 Å². The second kappa shape index (κ2) is 2.60. The highest BCUT2D eigenvalue weighted by atomic mass is 16.3. The van der Waals surface area contributed by atoms with Crippen molar-refractivity contribution in [1.29, 1.82) is 0 Å². The summed E-state index contributed by atoms with van der Waals surface area (Å²) in [7, 11) is 0. The van der Waals surface area contributed by atoms with E-state index in [1.54, 1.807) is 13.1 Å². The molecule has 0 aliphatic carbocycles. The van der Waals surface area contributed by atoms with E-state index in [1.807, 2.05) is 18.2 Å². The van der Waals surface area contributed by atoms with Gasteiger partial charge in [-0.1, -0.05) is 6.07 Å². The molecule has 1 heterocycles. The Morgan fingerprint density at radius 3 is 3.08 bits per heavy atom. The highest BCUT2D eigenvalue weighted by Gasteiger charge is 2.01. The third-order valence-corrected chi connectivity index (χ3v) is 1.95. The summed E-state index contributed by atoms with van der Waals surface area (Å²) in [6.45, 7) is 1.75. The summed E-state index contributed by atoms with van der Waals surface area (Å²) in [5.41, 5.74) is 1.92. The minimum absolute atomic E-state index is 0.413. The number of nitrogens with zero attached hydrogens (tertiary/aromatic N) is 1. The van der Waals surface area contributed by atoms with Crippen LogP contribution in [0.1, 0.15) is 18.6 Å². The average molecular weight is 162 g/mol. The van der Waals surface area contributed by atoms with Gasteiger partial charge in [0.1, 0.15) is 0 Å². The molecule has 1 aromatic heterocycles. The Morgan fingerprint density at radius 1 is 1.50 bits per heavy atom. The molecule has 0 saturated carbocycles. The van der Waals surface area contributed by atoms with Gasteiger partial charge in [0.05, 0.1) is 17.8 Å². The zero-order valence-corrected chi connectivity index (χ0v) is 6.78. The Hall–Kier alpha value is -1.35. The van der Waals surface area contributed by atoms with E-state index in [-0.39, 0.29) is 0 Å². The maximum Gasteiger partial charge on any atom is 0.0762 e. The molecular formula is C9H10N2O. The van der Waals surface area contributed by atoms with Crippen LogP contribution in [0.2, 0.25) is 0 Å². The van der Waals surface area contributed by atoms with Crippen molar-refractivity contribution in [1.82, 2.24) is 10.2 Å². The van der Waals surface area contributed by atoms with E-state index < -0.39 is 6.10 Å². The zero-order chi connectivity index (χ0) is 8.55. The van der Waals surface area contributed by atoms with Gasteiger partial charge in [0, 0.05) is 5.39 Å². The molecular weight excluding hydrogens is 152 g/mol. The molecule has 2 aromatic rings. The molecule has 1 aromatic carbocycles. The SMILES string of the molecule is C[C@@H](O)c1ccc2[nH]ncc2c1. The second-order valence-corrected chi connectivity index (χ2v) is 2.89. The fourth-order valence-corrected chi connectivity index (χ4v) is 1.22. The van der Waals surface area contributed by atoms with Crippen LogP contribution in [0.4, 0.5) is 0 Å².